The maximum Gasteiger partial charge on any atom is 0.212 e. The van der Waals surface area contributed by atoms with Crippen LogP contribution >= 0.6 is 0 Å². The van der Waals surface area contributed by atoms with Crippen molar-refractivity contribution in [3.05, 3.63) is 42.2 Å². The highest BCUT2D eigenvalue weighted by Crippen LogP contribution is 2.31. The number of aromatic amines is 1. The minimum Gasteiger partial charge on any atom is -0.312 e. The van der Waals surface area contributed by atoms with Crippen LogP contribution in [0.5, 0.6) is 0 Å². The van der Waals surface area contributed by atoms with Gasteiger partial charge in [-0.15, -0.1) is 0 Å². The van der Waals surface area contributed by atoms with Gasteiger partial charge in [-0.25, -0.2) is 9.37 Å². The van der Waals surface area contributed by atoms with Crippen molar-refractivity contribution in [3.8, 4) is 17.3 Å². The molecule has 0 aliphatic carbocycles. The van der Waals surface area contributed by atoms with Crippen LogP contribution in [0.4, 0.5) is 10.2 Å². The first-order chi connectivity index (χ1) is 11.7. The van der Waals surface area contributed by atoms with Gasteiger partial charge in [0.2, 0.25) is 6.41 Å². The molecule has 4 rings (SSSR count). The van der Waals surface area contributed by atoms with Gasteiger partial charge in [0.1, 0.15) is 11.9 Å². The van der Waals surface area contributed by atoms with E-state index in [9.17, 15) is 14.4 Å². The quantitative estimate of drug-likeness (QED) is 0.559. The van der Waals surface area contributed by atoms with Crippen molar-refractivity contribution in [3.63, 3.8) is 0 Å². The lowest BCUT2D eigenvalue weighted by atomic mass is 10.0. The number of imidazole rings is 1. The topological polar surface area (TPSA) is 112 Å². The normalized spacial score (nSPS) is 10.8. The van der Waals surface area contributed by atoms with Crippen LogP contribution in [-0.4, -0.2) is 31.0 Å². The van der Waals surface area contributed by atoms with Crippen LogP contribution in [0.25, 0.3) is 27.8 Å². The fourth-order valence-corrected chi connectivity index (χ4v) is 2.59. The van der Waals surface area contributed by atoms with Crippen LogP contribution in [0.2, 0.25) is 0 Å². The molecule has 1 aromatic carbocycles. The van der Waals surface area contributed by atoms with E-state index in [0.29, 0.717) is 40.0 Å². The lowest BCUT2D eigenvalue weighted by Gasteiger charge is -2.07. The first-order valence-corrected chi connectivity index (χ1v) is 6.82. The van der Waals surface area contributed by atoms with Crippen LogP contribution in [-0.2, 0) is 4.79 Å². The number of fused-ring (bicyclic) bond motifs is 2. The second-order valence-corrected chi connectivity index (χ2v) is 4.98. The van der Waals surface area contributed by atoms with Crippen molar-refractivity contribution < 1.29 is 9.18 Å². The number of nitriles is 1. The molecule has 0 saturated heterocycles. The largest absolute Gasteiger partial charge is 0.312 e. The summed E-state index contributed by atoms with van der Waals surface area (Å²) in [5, 5.41) is 18.9. The van der Waals surface area contributed by atoms with Gasteiger partial charge in [-0.1, -0.05) is 0 Å². The zero-order valence-electron chi connectivity index (χ0n) is 12.0. The number of nitrogens with zero attached hydrogens (tertiary/aromatic N) is 5. The van der Waals surface area contributed by atoms with E-state index in [1.165, 1.54) is 18.5 Å². The average molecular weight is 321 g/mol. The number of carbonyl (C=O) groups is 1. The van der Waals surface area contributed by atoms with Crippen LogP contribution < -0.4 is 5.32 Å². The maximum absolute atomic E-state index is 14.2. The van der Waals surface area contributed by atoms with Gasteiger partial charge >= 0.3 is 0 Å². The van der Waals surface area contributed by atoms with E-state index in [0.717, 1.165) is 0 Å². The molecule has 2 N–H and O–H groups in total. The predicted octanol–water partition coefficient (Wildman–Crippen LogP) is 1.85. The Balaban J connectivity index is 2.00. The minimum absolute atomic E-state index is 0.109. The number of H-pyrrole nitrogens is 1. The number of rotatable bonds is 3. The zero-order chi connectivity index (χ0) is 16.7. The molecule has 9 heteroatoms. The van der Waals surface area contributed by atoms with Gasteiger partial charge in [0.25, 0.3) is 0 Å². The predicted molar refractivity (Wildman–Crippen MR) is 82.4 cm³/mol. The lowest BCUT2D eigenvalue weighted by molar-refractivity contribution is -0.105. The first-order valence-electron chi connectivity index (χ1n) is 6.82. The van der Waals surface area contributed by atoms with E-state index in [1.54, 1.807) is 16.8 Å². The molecule has 3 aromatic heterocycles. The molecule has 0 radical (unpaired) electrons. The number of aromatic nitrogens is 5. The molecule has 8 nitrogen and oxygen atoms in total. The molecule has 0 unspecified atom stereocenters. The summed E-state index contributed by atoms with van der Waals surface area (Å²) < 4.78 is 15.8. The molecule has 0 bridgehead atoms. The molecule has 0 aliphatic rings. The van der Waals surface area contributed by atoms with Crippen LogP contribution in [0.1, 0.15) is 5.56 Å². The average Bonchev–Trinajstić information content (AvgIpc) is 3.18. The number of halogens is 1. The van der Waals surface area contributed by atoms with Crippen molar-refractivity contribution in [1.82, 2.24) is 24.6 Å². The van der Waals surface area contributed by atoms with E-state index >= 15 is 0 Å². The Morgan fingerprint density at radius 1 is 1.38 bits per heavy atom. The van der Waals surface area contributed by atoms with Gasteiger partial charge in [-0.05, 0) is 0 Å². The summed E-state index contributed by atoms with van der Waals surface area (Å²) in [7, 11) is 0. The van der Waals surface area contributed by atoms with Crippen LogP contribution in [0, 0.1) is 17.1 Å². The van der Waals surface area contributed by atoms with Crippen molar-refractivity contribution in [2.45, 2.75) is 0 Å². The van der Waals surface area contributed by atoms with Crippen molar-refractivity contribution >= 4 is 28.8 Å². The van der Waals surface area contributed by atoms with E-state index < -0.39 is 5.82 Å². The fourth-order valence-electron chi connectivity index (χ4n) is 2.59. The number of benzene rings is 1. The molecule has 0 aliphatic heterocycles. The maximum atomic E-state index is 14.2. The molecule has 3 heterocycles. The highest BCUT2D eigenvalue weighted by molar-refractivity contribution is 5.96. The molecule has 116 valence electrons. The molecular formula is C15H8FN7O. The minimum atomic E-state index is -0.653. The molecule has 4 aromatic rings. The Morgan fingerprint density at radius 3 is 3.04 bits per heavy atom. The van der Waals surface area contributed by atoms with E-state index in [4.69, 9.17) is 0 Å². The Bertz CT molecular complexity index is 1140. The SMILES string of the molecule is N#Cc1c(F)cc2[nH]ncc2c1-c1cn2cc(NC=O)nc2cn1. The number of carbonyl (C=O) groups excluding carboxylic acids is 1. The number of hydrogen-bond acceptors (Lipinski definition) is 5. The molecule has 1 amide bonds. The second-order valence-electron chi connectivity index (χ2n) is 4.98. The molecule has 0 fully saturated rings. The van der Waals surface area contributed by atoms with Gasteiger partial charge in [0, 0.05) is 23.2 Å². The van der Waals surface area contributed by atoms with Crippen LogP contribution in [0.3, 0.4) is 0 Å². The monoisotopic (exact) mass is 321 g/mol. The zero-order valence-corrected chi connectivity index (χ0v) is 12.0. The lowest BCUT2D eigenvalue weighted by Crippen LogP contribution is -1.96. The van der Waals surface area contributed by atoms with Gasteiger partial charge < -0.3 is 9.72 Å². The molecular weight excluding hydrogens is 313 g/mol. The highest BCUT2D eigenvalue weighted by Gasteiger charge is 2.18. The Morgan fingerprint density at radius 2 is 2.25 bits per heavy atom. The van der Waals surface area contributed by atoms with Crippen molar-refractivity contribution in [2.75, 3.05) is 5.32 Å². The number of anilines is 1. The molecule has 0 saturated carbocycles. The van der Waals surface area contributed by atoms with Gasteiger partial charge in [-0.3, -0.25) is 14.9 Å². The number of amides is 1. The summed E-state index contributed by atoms with van der Waals surface area (Å²) in [6.45, 7) is 0. The fraction of sp³-hybridized carbons (Fsp3) is 0. The summed E-state index contributed by atoms with van der Waals surface area (Å²) in [4.78, 5) is 18.9. The Labute approximate surface area is 133 Å². The number of nitrogens with one attached hydrogen (secondary N) is 2. The van der Waals surface area contributed by atoms with E-state index in [2.05, 4.69) is 25.5 Å². The third kappa shape index (κ3) is 1.98. The van der Waals surface area contributed by atoms with E-state index in [-0.39, 0.29) is 5.56 Å². The summed E-state index contributed by atoms with van der Waals surface area (Å²) in [6, 6.07) is 3.11. The summed E-state index contributed by atoms with van der Waals surface area (Å²) in [5.41, 5.74) is 1.60. The van der Waals surface area contributed by atoms with Gasteiger partial charge in [0.05, 0.1) is 35.4 Å². The molecule has 0 atom stereocenters. The Kier molecular flexibility index (Phi) is 2.96. The van der Waals surface area contributed by atoms with Crippen LogP contribution in [0.15, 0.2) is 30.9 Å². The van der Waals surface area contributed by atoms with Crippen molar-refractivity contribution in [1.29, 1.82) is 5.26 Å². The Hall–Kier alpha value is -3.80. The van der Waals surface area contributed by atoms with Crippen molar-refractivity contribution in [2.24, 2.45) is 0 Å². The second kappa shape index (κ2) is 5.13. The van der Waals surface area contributed by atoms with Gasteiger partial charge in [0.15, 0.2) is 11.5 Å². The summed E-state index contributed by atoms with van der Waals surface area (Å²) in [5.74, 6) is -0.294. The highest BCUT2D eigenvalue weighted by atomic mass is 19.1. The molecule has 0 spiro atoms. The van der Waals surface area contributed by atoms with E-state index in [1.807, 2.05) is 6.07 Å². The standard InChI is InChI=1S/C15H8FN7O/c16-10-1-11-9(3-20-22-11)15(8(10)2-17)12-5-23-6-13(19-7-24)21-14(23)4-18-12/h1,3-7H,(H,19,24)(H,20,22). The molecule has 24 heavy (non-hydrogen) atoms. The summed E-state index contributed by atoms with van der Waals surface area (Å²) in [6.07, 6.45) is 6.71. The third-order valence-electron chi connectivity index (χ3n) is 3.61. The summed E-state index contributed by atoms with van der Waals surface area (Å²) >= 11 is 0. The number of hydrogen-bond donors (Lipinski definition) is 2. The van der Waals surface area contributed by atoms with Gasteiger partial charge in [-0.2, -0.15) is 10.4 Å². The first kappa shape index (κ1) is 13.8. The third-order valence-corrected chi connectivity index (χ3v) is 3.61. The smallest absolute Gasteiger partial charge is 0.212 e.